The highest BCUT2D eigenvalue weighted by Gasteiger charge is 2.49. The molecule has 0 saturated carbocycles. The molecule has 0 spiro atoms. The third-order valence-corrected chi connectivity index (χ3v) is 7.24. The molecule has 4 heterocycles. The highest BCUT2D eigenvalue weighted by molar-refractivity contribution is 5.97. The van der Waals surface area contributed by atoms with Gasteiger partial charge < -0.3 is 24.5 Å². The minimum Gasteiger partial charge on any atom is -0.454 e. The smallest absolute Gasteiger partial charge is 0.269 e. The summed E-state index contributed by atoms with van der Waals surface area (Å²) in [6.07, 6.45) is 3.74. The molecule has 3 aliphatic heterocycles. The molecule has 0 bridgehead atoms. The molecule has 1 fully saturated rings. The summed E-state index contributed by atoms with van der Waals surface area (Å²) >= 11 is 0. The lowest BCUT2D eigenvalue weighted by molar-refractivity contribution is -0.207. The van der Waals surface area contributed by atoms with Gasteiger partial charge in [0.25, 0.3) is 5.91 Å². The van der Waals surface area contributed by atoms with Crippen LogP contribution in [0.5, 0.6) is 11.5 Å². The quantitative estimate of drug-likeness (QED) is 0.470. The van der Waals surface area contributed by atoms with E-state index in [2.05, 4.69) is 4.98 Å². The number of nitrogens with zero attached hydrogens (tertiary/aromatic N) is 2. The lowest BCUT2D eigenvalue weighted by atomic mass is 9.86. The van der Waals surface area contributed by atoms with Crippen molar-refractivity contribution in [1.29, 1.82) is 0 Å². The molecule has 188 valence electrons. The molecular formula is C27H29N3O6. The van der Waals surface area contributed by atoms with Gasteiger partial charge in [-0.05, 0) is 42.2 Å². The number of aromatic nitrogens is 1. The Balaban J connectivity index is 1.33. The number of hydrogen-bond acceptors (Lipinski definition) is 6. The van der Waals surface area contributed by atoms with Crippen molar-refractivity contribution in [2.45, 2.75) is 44.2 Å². The molecule has 0 aliphatic carbocycles. The van der Waals surface area contributed by atoms with E-state index in [1.165, 1.54) is 5.06 Å². The van der Waals surface area contributed by atoms with Crippen molar-refractivity contribution < 1.29 is 29.0 Å². The molecule has 3 aromatic rings. The summed E-state index contributed by atoms with van der Waals surface area (Å²) in [5.74, 6) is 0.940. The molecule has 9 nitrogen and oxygen atoms in total. The highest BCUT2D eigenvalue weighted by atomic mass is 16.7. The maximum atomic E-state index is 13.6. The van der Waals surface area contributed by atoms with Crippen molar-refractivity contribution >= 4 is 22.7 Å². The topological polar surface area (TPSA) is 104 Å². The number of aliphatic hydroxyl groups is 1. The minimum atomic E-state index is -0.664. The number of rotatable bonds is 8. The zero-order valence-electron chi connectivity index (χ0n) is 19.9. The van der Waals surface area contributed by atoms with Gasteiger partial charge in [-0.3, -0.25) is 14.4 Å². The van der Waals surface area contributed by atoms with Crippen molar-refractivity contribution in [2.75, 3.05) is 26.6 Å². The zero-order valence-corrected chi connectivity index (χ0v) is 19.9. The number of H-pyrrole nitrogens is 1. The number of hydrogen-bond donors (Lipinski definition) is 2. The summed E-state index contributed by atoms with van der Waals surface area (Å²) in [5.41, 5.74) is 3.80. The van der Waals surface area contributed by atoms with Crippen LogP contribution in [0.4, 0.5) is 0 Å². The van der Waals surface area contributed by atoms with Crippen LogP contribution >= 0.6 is 0 Å². The van der Waals surface area contributed by atoms with Crippen LogP contribution < -0.4 is 9.47 Å². The number of benzene rings is 2. The molecule has 1 aromatic heterocycles. The first-order valence-electron chi connectivity index (χ1n) is 12.5. The van der Waals surface area contributed by atoms with Crippen LogP contribution in [-0.2, 0) is 20.8 Å². The SMILES string of the molecule is O=C1[C@H]2Cc3c([nH]c4ccccc34)[C@@H](c3ccc4c(c3)OCO4)N2C(=O)CN1OCCCCCCO. The number of hydroxylamine groups is 2. The van der Waals surface area contributed by atoms with E-state index in [9.17, 15) is 9.59 Å². The fraction of sp³-hybridized carbons (Fsp3) is 0.407. The maximum absolute atomic E-state index is 13.6. The van der Waals surface area contributed by atoms with Crippen LogP contribution in [0.2, 0.25) is 0 Å². The van der Waals surface area contributed by atoms with Crippen LogP contribution in [0.25, 0.3) is 10.9 Å². The molecule has 3 aliphatic rings. The van der Waals surface area contributed by atoms with Crippen molar-refractivity contribution in [3.05, 3.63) is 59.3 Å². The molecule has 0 radical (unpaired) electrons. The third-order valence-electron chi connectivity index (χ3n) is 7.24. The number of piperazine rings is 1. The monoisotopic (exact) mass is 491 g/mol. The lowest BCUT2D eigenvalue weighted by Gasteiger charge is -2.46. The maximum Gasteiger partial charge on any atom is 0.269 e. The minimum absolute atomic E-state index is 0.122. The predicted molar refractivity (Wildman–Crippen MR) is 130 cm³/mol. The van der Waals surface area contributed by atoms with E-state index in [-0.39, 0.29) is 31.8 Å². The lowest BCUT2D eigenvalue weighted by Crippen LogP contribution is -2.62. The number of carbonyl (C=O) groups is 2. The van der Waals surface area contributed by atoms with Crippen LogP contribution in [0.3, 0.4) is 0 Å². The van der Waals surface area contributed by atoms with Gasteiger partial charge in [-0.2, -0.15) is 0 Å². The van der Waals surface area contributed by atoms with Gasteiger partial charge in [0.2, 0.25) is 12.7 Å². The summed E-state index contributed by atoms with van der Waals surface area (Å²) < 4.78 is 11.1. The van der Waals surface area contributed by atoms with Gasteiger partial charge in [0.1, 0.15) is 12.6 Å². The van der Waals surface area contributed by atoms with Gasteiger partial charge >= 0.3 is 0 Å². The summed E-state index contributed by atoms with van der Waals surface area (Å²) in [6.45, 7) is 0.582. The number of para-hydroxylation sites is 1. The number of fused-ring (bicyclic) bond motifs is 5. The summed E-state index contributed by atoms with van der Waals surface area (Å²) in [5, 5.41) is 11.2. The van der Waals surface area contributed by atoms with Gasteiger partial charge in [-0.15, -0.1) is 0 Å². The number of nitrogens with one attached hydrogen (secondary N) is 1. The second-order valence-electron chi connectivity index (χ2n) is 9.44. The third kappa shape index (κ3) is 3.88. The Kier molecular flexibility index (Phi) is 6.02. The fourth-order valence-electron chi connectivity index (χ4n) is 5.52. The summed E-state index contributed by atoms with van der Waals surface area (Å²) in [7, 11) is 0. The normalized spacial score (nSPS) is 20.7. The van der Waals surface area contributed by atoms with Crippen LogP contribution in [0.15, 0.2) is 42.5 Å². The van der Waals surface area contributed by atoms with Crippen LogP contribution in [0, 0.1) is 0 Å². The summed E-state index contributed by atoms with van der Waals surface area (Å²) in [6, 6.07) is 12.6. The second-order valence-corrected chi connectivity index (χ2v) is 9.44. The number of aliphatic hydroxyl groups excluding tert-OH is 1. The Morgan fingerprint density at radius 2 is 1.86 bits per heavy atom. The molecule has 2 amide bonds. The number of carbonyl (C=O) groups excluding carboxylic acids is 2. The fourth-order valence-corrected chi connectivity index (χ4v) is 5.52. The standard InChI is InChI=1S/C27H29N3O6/c31-11-5-1-2-6-12-36-29-15-24(32)30-21(27(29)33)14-19-18-7-3-4-8-20(18)28-25(19)26(30)17-9-10-22-23(13-17)35-16-34-22/h3-4,7-10,13,21,26,28,31H,1-2,5-6,11-12,14-16H2/t21-,26-/m1/s1. The van der Waals surface area contributed by atoms with E-state index in [0.717, 1.165) is 53.4 Å². The molecule has 9 heteroatoms. The molecule has 2 aromatic carbocycles. The first kappa shape index (κ1) is 22.9. The van der Waals surface area contributed by atoms with Crippen molar-refractivity contribution in [3.63, 3.8) is 0 Å². The zero-order chi connectivity index (χ0) is 24.6. The van der Waals surface area contributed by atoms with Gasteiger partial charge in [-0.25, -0.2) is 5.06 Å². The Bertz CT molecular complexity index is 1300. The molecule has 0 unspecified atom stereocenters. The van der Waals surface area contributed by atoms with Crippen molar-refractivity contribution in [1.82, 2.24) is 14.9 Å². The number of aromatic amines is 1. The Morgan fingerprint density at radius 3 is 2.75 bits per heavy atom. The number of ether oxygens (including phenoxy) is 2. The van der Waals surface area contributed by atoms with Gasteiger partial charge in [0.15, 0.2) is 11.5 Å². The first-order valence-corrected chi connectivity index (χ1v) is 12.5. The van der Waals surface area contributed by atoms with E-state index in [1.807, 2.05) is 42.5 Å². The molecule has 2 atom stereocenters. The van der Waals surface area contributed by atoms with E-state index >= 15 is 0 Å². The molecule has 6 rings (SSSR count). The van der Waals surface area contributed by atoms with E-state index in [0.29, 0.717) is 24.5 Å². The Morgan fingerprint density at radius 1 is 1.03 bits per heavy atom. The van der Waals surface area contributed by atoms with E-state index in [1.54, 1.807) is 4.90 Å². The van der Waals surface area contributed by atoms with E-state index < -0.39 is 12.1 Å². The van der Waals surface area contributed by atoms with Gasteiger partial charge in [0, 0.05) is 29.6 Å². The first-order chi connectivity index (χ1) is 17.7. The van der Waals surface area contributed by atoms with E-state index in [4.69, 9.17) is 19.4 Å². The Labute approximate surface area is 208 Å². The molecular weight excluding hydrogens is 462 g/mol. The van der Waals surface area contributed by atoms with Crippen LogP contribution in [0.1, 0.15) is 48.5 Å². The molecule has 1 saturated heterocycles. The largest absolute Gasteiger partial charge is 0.454 e. The van der Waals surface area contributed by atoms with Crippen molar-refractivity contribution in [2.24, 2.45) is 0 Å². The number of amides is 2. The Hall–Kier alpha value is -3.56. The summed E-state index contributed by atoms with van der Waals surface area (Å²) in [4.78, 5) is 38.2. The number of unbranched alkanes of at least 4 members (excludes halogenated alkanes) is 3. The average molecular weight is 492 g/mol. The molecule has 36 heavy (non-hydrogen) atoms. The molecule has 2 N–H and O–H groups in total. The van der Waals surface area contributed by atoms with Gasteiger partial charge in [-0.1, -0.05) is 37.1 Å². The average Bonchev–Trinajstić information content (AvgIpc) is 3.51. The predicted octanol–water partition coefficient (Wildman–Crippen LogP) is 3.07. The van der Waals surface area contributed by atoms with Crippen LogP contribution in [-0.4, -0.2) is 64.5 Å². The second kappa shape index (κ2) is 9.48. The van der Waals surface area contributed by atoms with Crippen molar-refractivity contribution in [3.8, 4) is 11.5 Å². The van der Waals surface area contributed by atoms with Gasteiger partial charge in [0.05, 0.1) is 12.6 Å². The highest BCUT2D eigenvalue weighted by Crippen LogP contribution is 2.44.